The number of amides is 2. The molecule has 1 aromatic rings. The van der Waals surface area contributed by atoms with Gasteiger partial charge in [-0.25, -0.2) is 0 Å². The molecule has 0 aromatic carbocycles. The summed E-state index contributed by atoms with van der Waals surface area (Å²) in [6.45, 7) is 6.20. The summed E-state index contributed by atoms with van der Waals surface area (Å²) >= 11 is 1.38. The molecule has 0 radical (unpaired) electrons. The predicted octanol–water partition coefficient (Wildman–Crippen LogP) is 1.61. The summed E-state index contributed by atoms with van der Waals surface area (Å²) in [6.07, 6.45) is 1.58. The van der Waals surface area contributed by atoms with Gasteiger partial charge in [-0.15, -0.1) is 10.2 Å². The number of carbonyl (C=O) groups excluding carboxylic acids is 2. The number of likely N-dealkylation sites (tertiary alicyclic amines) is 1. The van der Waals surface area contributed by atoms with Gasteiger partial charge in [-0.1, -0.05) is 25.2 Å². The fourth-order valence-electron chi connectivity index (χ4n) is 2.12. The van der Waals surface area contributed by atoms with Gasteiger partial charge in [0, 0.05) is 19.4 Å². The van der Waals surface area contributed by atoms with E-state index in [4.69, 9.17) is 0 Å². The van der Waals surface area contributed by atoms with Gasteiger partial charge in [0.05, 0.1) is 0 Å². The Morgan fingerprint density at radius 3 is 2.74 bits per heavy atom. The number of nitrogens with one attached hydrogen (secondary N) is 1. The Balaban J connectivity index is 2.02. The van der Waals surface area contributed by atoms with Crippen molar-refractivity contribution in [1.29, 1.82) is 0 Å². The molecular weight excluding hydrogens is 264 g/mol. The Morgan fingerprint density at radius 2 is 2.16 bits per heavy atom. The van der Waals surface area contributed by atoms with Gasteiger partial charge in [0.15, 0.2) is 0 Å². The van der Waals surface area contributed by atoms with Crippen LogP contribution >= 0.6 is 11.3 Å². The van der Waals surface area contributed by atoms with Crippen molar-refractivity contribution in [3.8, 4) is 0 Å². The molecule has 1 unspecified atom stereocenters. The van der Waals surface area contributed by atoms with E-state index in [0.29, 0.717) is 24.0 Å². The maximum absolute atomic E-state index is 12.1. The molecule has 1 saturated heterocycles. The molecule has 1 aliphatic rings. The lowest BCUT2D eigenvalue weighted by Crippen LogP contribution is -2.42. The fraction of sp³-hybridized carbons (Fsp3) is 0.667. The molecule has 1 N–H and O–H groups in total. The van der Waals surface area contributed by atoms with Crippen LogP contribution in [0.4, 0.5) is 5.13 Å². The zero-order valence-electron chi connectivity index (χ0n) is 11.3. The maximum atomic E-state index is 12.1. The van der Waals surface area contributed by atoms with Crippen molar-refractivity contribution in [2.45, 2.75) is 45.6 Å². The Labute approximate surface area is 116 Å². The van der Waals surface area contributed by atoms with Crippen LogP contribution in [0.2, 0.25) is 0 Å². The molecule has 6 nitrogen and oxygen atoms in total. The molecule has 0 saturated carbocycles. The number of hydrogen-bond acceptors (Lipinski definition) is 5. The summed E-state index contributed by atoms with van der Waals surface area (Å²) in [7, 11) is 0. The summed E-state index contributed by atoms with van der Waals surface area (Å²) in [5, 5.41) is 12.1. The Morgan fingerprint density at radius 1 is 1.42 bits per heavy atom. The number of anilines is 1. The molecule has 2 heterocycles. The van der Waals surface area contributed by atoms with Crippen molar-refractivity contribution in [2.75, 3.05) is 11.9 Å². The second-order valence-corrected chi connectivity index (χ2v) is 5.97. The zero-order valence-corrected chi connectivity index (χ0v) is 12.2. The number of nitrogens with zero attached hydrogens (tertiary/aromatic N) is 3. The van der Waals surface area contributed by atoms with Crippen LogP contribution in [0.3, 0.4) is 0 Å². The molecule has 1 fully saturated rings. The normalized spacial score (nSPS) is 18.9. The Kier molecular flexibility index (Phi) is 4.14. The third-order valence-corrected chi connectivity index (χ3v) is 4.26. The molecule has 1 aliphatic heterocycles. The van der Waals surface area contributed by atoms with E-state index >= 15 is 0 Å². The SMILES string of the molecule is CC(=O)N1CCCC1C(=O)Nc1nnc(C(C)C)s1. The quantitative estimate of drug-likeness (QED) is 0.914. The summed E-state index contributed by atoms with van der Waals surface area (Å²) in [5.74, 6) is 0.0697. The molecule has 1 atom stereocenters. The van der Waals surface area contributed by atoms with Crippen LogP contribution in [0.5, 0.6) is 0 Å². The van der Waals surface area contributed by atoms with Crippen LogP contribution in [0.25, 0.3) is 0 Å². The van der Waals surface area contributed by atoms with Crippen molar-refractivity contribution < 1.29 is 9.59 Å². The van der Waals surface area contributed by atoms with Crippen molar-refractivity contribution in [3.05, 3.63) is 5.01 Å². The molecule has 0 aliphatic carbocycles. The van der Waals surface area contributed by atoms with Crippen LogP contribution in [0.1, 0.15) is 44.5 Å². The molecule has 0 bridgehead atoms. The highest BCUT2D eigenvalue weighted by molar-refractivity contribution is 7.15. The summed E-state index contributed by atoms with van der Waals surface area (Å²) < 4.78 is 0. The average Bonchev–Trinajstić information content (AvgIpc) is 2.96. The largest absolute Gasteiger partial charge is 0.331 e. The van der Waals surface area contributed by atoms with E-state index in [0.717, 1.165) is 11.4 Å². The average molecular weight is 282 g/mol. The van der Waals surface area contributed by atoms with Crippen LogP contribution in [0, 0.1) is 0 Å². The van der Waals surface area contributed by atoms with E-state index in [1.165, 1.54) is 18.3 Å². The first-order valence-electron chi connectivity index (χ1n) is 6.40. The first-order chi connectivity index (χ1) is 8.99. The molecule has 0 spiro atoms. The van der Waals surface area contributed by atoms with Crippen molar-refractivity contribution in [2.24, 2.45) is 0 Å². The van der Waals surface area contributed by atoms with Crippen LogP contribution in [0.15, 0.2) is 0 Å². The highest BCUT2D eigenvalue weighted by atomic mass is 32.1. The lowest BCUT2D eigenvalue weighted by Gasteiger charge is -2.21. The molecule has 2 rings (SSSR count). The molecule has 1 aromatic heterocycles. The van der Waals surface area contributed by atoms with Gasteiger partial charge in [-0.3, -0.25) is 14.9 Å². The summed E-state index contributed by atoms with van der Waals surface area (Å²) in [5.41, 5.74) is 0. The van der Waals surface area contributed by atoms with E-state index in [1.54, 1.807) is 4.90 Å². The summed E-state index contributed by atoms with van der Waals surface area (Å²) in [4.78, 5) is 25.2. The van der Waals surface area contributed by atoms with Crippen LogP contribution in [-0.2, 0) is 9.59 Å². The second kappa shape index (κ2) is 5.64. The lowest BCUT2D eigenvalue weighted by molar-refractivity contribution is -0.134. The van der Waals surface area contributed by atoms with Crippen LogP contribution in [-0.4, -0.2) is 39.5 Å². The molecule has 7 heteroatoms. The fourth-order valence-corrected chi connectivity index (χ4v) is 2.87. The minimum atomic E-state index is -0.371. The zero-order chi connectivity index (χ0) is 14.0. The van der Waals surface area contributed by atoms with E-state index < -0.39 is 0 Å². The smallest absolute Gasteiger partial charge is 0.249 e. The third kappa shape index (κ3) is 3.09. The van der Waals surface area contributed by atoms with Gasteiger partial charge in [0.25, 0.3) is 0 Å². The molecule has 19 heavy (non-hydrogen) atoms. The number of aromatic nitrogens is 2. The molecular formula is C12H18N4O2S. The third-order valence-electron chi connectivity index (χ3n) is 3.12. The van der Waals surface area contributed by atoms with Crippen molar-refractivity contribution >= 4 is 28.3 Å². The van der Waals surface area contributed by atoms with E-state index in [-0.39, 0.29) is 17.9 Å². The minimum Gasteiger partial charge on any atom is -0.331 e. The number of carbonyl (C=O) groups is 2. The van der Waals surface area contributed by atoms with Gasteiger partial charge in [-0.05, 0) is 12.8 Å². The standard InChI is InChI=1S/C12H18N4O2S/c1-7(2)11-14-15-12(19-11)13-10(18)9-5-4-6-16(9)8(3)17/h7,9H,4-6H2,1-3H3,(H,13,15,18). The molecule has 2 amide bonds. The van der Waals surface area contributed by atoms with Crippen molar-refractivity contribution in [1.82, 2.24) is 15.1 Å². The minimum absolute atomic E-state index is 0.0576. The maximum Gasteiger partial charge on any atom is 0.249 e. The predicted molar refractivity (Wildman–Crippen MR) is 73.0 cm³/mol. The highest BCUT2D eigenvalue weighted by Crippen LogP contribution is 2.24. The Hall–Kier alpha value is -1.50. The van der Waals surface area contributed by atoms with Gasteiger partial charge in [-0.2, -0.15) is 0 Å². The Bertz CT molecular complexity index is 486. The topological polar surface area (TPSA) is 75.2 Å². The van der Waals surface area contributed by atoms with Crippen molar-refractivity contribution in [3.63, 3.8) is 0 Å². The summed E-state index contributed by atoms with van der Waals surface area (Å²) in [6, 6.07) is -0.371. The number of rotatable bonds is 3. The first kappa shape index (κ1) is 13.9. The molecule has 104 valence electrons. The monoisotopic (exact) mass is 282 g/mol. The van der Waals surface area contributed by atoms with Gasteiger partial charge < -0.3 is 4.90 Å². The van der Waals surface area contributed by atoms with Gasteiger partial charge >= 0.3 is 0 Å². The van der Waals surface area contributed by atoms with E-state index in [2.05, 4.69) is 15.5 Å². The second-order valence-electron chi connectivity index (χ2n) is 4.96. The number of hydrogen-bond donors (Lipinski definition) is 1. The van der Waals surface area contributed by atoms with Gasteiger partial charge in [0.2, 0.25) is 16.9 Å². The first-order valence-corrected chi connectivity index (χ1v) is 7.22. The van der Waals surface area contributed by atoms with E-state index in [9.17, 15) is 9.59 Å². The van der Waals surface area contributed by atoms with Crippen LogP contribution < -0.4 is 5.32 Å². The highest BCUT2D eigenvalue weighted by Gasteiger charge is 2.32. The van der Waals surface area contributed by atoms with Gasteiger partial charge in [0.1, 0.15) is 11.0 Å². The lowest BCUT2D eigenvalue weighted by atomic mass is 10.2. The van der Waals surface area contributed by atoms with E-state index in [1.807, 2.05) is 13.8 Å².